The lowest BCUT2D eigenvalue weighted by Gasteiger charge is -2.19. The number of alkyl carbamates (subject to hydrolysis) is 1. The molecule has 8 heteroatoms. The predicted octanol–water partition coefficient (Wildman–Crippen LogP) is 0.341. The summed E-state index contributed by atoms with van der Waals surface area (Å²) in [5.41, 5.74) is 0.786. The van der Waals surface area contributed by atoms with Crippen LogP contribution >= 0.6 is 0 Å². The lowest BCUT2D eigenvalue weighted by molar-refractivity contribution is -0.145. The highest BCUT2D eigenvalue weighted by molar-refractivity contribution is 5.89. The molecule has 1 aromatic carbocycles. The molecule has 0 heterocycles. The number of rotatable bonds is 8. The molecule has 2 amide bonds. The van der Waals surface area contributed by atoms with Gasteiger partial charge in [-0.05, 0) is 12.0 Å². The van der Waals surface area contributed by atoms with Gasteiger partial charge in [-0.25, -0.2) is 9.59 Å². The third-order valence-corrected chi connectivity index (χ3v) is 3.21. The van der Waals surface area contributed by atoms with E-state index >= 15 is 0 Å². The van der Waals surface area contributed by atoms with E-state index in [4.69, 9.17) is 4.74 Å². The zero-order valence-electron chi connectivity index (χ0n) is 13.7. The summed E-state index contributed by atoms with van der Waals surface area (Å²) in [6.07, 6.45) is -0.533. The first kappa shape index (κ1) is 19.4. The number of ether oxygens (including phenoxy) is 2. The van der Waals surface area contributed by atoms with E-state index in [1.807, 2.05) is 6.07 Å². The second kappa shape index (κ2) is 10.2. The van der Waals surface area contributed by atoms with Crippen LogP contribution in [-0.4, -0.2) is 48.9 Å². The molecule has 2 unspecified atom stereocenters. The molecule has 3 N–H and O–H groups in total. The molecule has 0 aromatic heterocycles. The van der Waals surface area contributed by atoms with Crippen LogP contribution in [0.4, 0.5) is 4.79 Å². The molecule has 0 saturated heterocycles. The summed E-state index contributed by atoms with van der Waals surface area (Å²) in [5.74, 6) is -1.30. The summed E-state index contributed by atoms with van der Waals surface area (Å²) in [6.45, 7) is 1.09. The van der Waals surface area contributed by atoms with Crippen molar-refractivity contribution in [2.75, 3.05) is 13.7 Å². The van der Waals surface area contributed by atoms with Crippen LogP contribution in [0.2, 0.25) is 0 Å². The molecule has 0 aliphatic heterocycles. The van der Waals surface area contributed by atoms with E-state index in [-0.39, 0.29) is 6.61 Å². The lowest BCUT2D eigenvalue weighted by atomic mass is 10.2. The van der Waals surface area contributed by atoms with Crippen LogP contribution in [-0.2, 0) is 25.7 Å². The average molecular weight is 338 g/mol. The first-order chi connectivity index (χ1) is 11.5. The molecule has 1 aromatic rings. The van der Waals surface area contributed by atoms with Gasteiger partial charge in [0.1, 0.15) is 18.7 Å². The van der Waals surface area contributed by atoms with Gasteiger partial charge in [-0.1, -0.05) is 37.3 Å². The zero-order valence-corrected chi connectivity index (χ0v) is 13.7. The fraction of sp³-hybridized carbons (Fsp3) is 0.438. The molecule has 1 rings (SSSR count). The third-order valence-electron chi connectivity index (χ3n) is 3.21. The van der Waals surface area contributed by atoms with E-state index in [1.165, 1.54) is 7.11 Å². The topological polar surface area (TPSA) is 114 Å². The maximum Gasteiger partial charge on any atom is 0.408 e. The Kier molecular flexibility index (Phi) is 8.28. The molecule has 2 atom stereocenters. The summed E-state index contributed by atoms with van der Waals surface area (Å²) in [5, 5.41) is 13.9. The van der Waals surface area contributed by atoms with Gasteiger partial charge in [-0.2, -0.15) is 0 Å². The minimum absolute atomic E-state index is 0.0339. The van der Waals surface area contributed by atoms with Gasteiger partial charge in [0, 0.05) is 0 Å². The molecular weight excluding hydrogens is 316 g/mol. The van der Waals surface area contributed by atoms with Crippen molar-refractivity contribution in [1.29, 1.82) is 0 Å². The lowest BCUT2D eigenvalue weighted by Crippen LogP contribution is -2.53. The Morgan fingerprint density at radius 3 is 2.33 bits per heavy atom. The van der Waals surface area contributed by atoms with E-state index in [0.717, 1.165) is 5.56 Å². The number of carbonyl (C=O) groups excluding carboxylic acids is 3. The van der Waals surface area contributed by atoms with Crippen molar-refractivity contribution in [3.63, 3.8) is 0 Å². The van der Waals surface area contributed by atoms with Crippen molar-refractivity contribution in [3.05, 3.63) is 35.9 Å². The molecule has 0 saturated carbocycles. The van der Waals surface area contributed by atoms with Crippen LogP contribution in [0.25, 0.3) is 0 Å². The minimum atomic E-state index is -1.23. The molecule has 8 nitrogen and oxygen atoms in total. The van der Waals surface area contributed by atoms with Gasteiger partial charge in [0.2, 0.25) is 5.91 Å². The number of amides is 2. The van der Waals surface area contributed by atoms with Crippen LogP contribution in [0.3, 0.4) is 0 Å². The highest BCUT2D eigenvalue weighted by Crippen LogP contribution is 2.01. The zero-order chi connectivity index (χ0) is 17.9. The number of benzene rings is 1. The monoisotopic (exact) mass is 338 g/mol. The van der Waals surface area contributed by atoms with Crippen molar-refractivity contribution in [2.24, 2.45) is 0 Å². The largest absolute Gasteiger partial charge is 0.467 e. The molecule has 0 bridgehead atoms. The second-order valence-electron chi connectivity index (χ2n) is 4.93. The van der Waals surface area contributed by atoms with E-state index < -0.39 is 36.7 Å². The SMILES string of the molecule is CCC(NC(=O)C(CO)NC(=O)OCc1ccccc1)C(=O)OC. The average Bonchev–Trinajstić information content (AvgIpc) is 2.62. The van der Waals surface area contributed by atoms with E-state index in [9.17, 15) is 19.5 Å². The fourth-order valence-corrected chi connectivity index (χ4v) is 1.84. The molecule has 0 radical (unpaired) electrons. The molecule has 0 spiro atoms. The van der Waals surface area contributed by atoms with Crippen LogP contribution < -0.4 is 10.6 Å². The summed E-state index contributed by atoms with van der Waals surface area (Å²) >= 11 is 0. The summed E-state index contributed by atoms with van der Waals surface area (Å²) in [6, 6.07) is 6.93. The summed E-state index contributed by atoms with van der Waals surface area (Å²) in [4.78, 5) is 35.2. The van der Waals surface area contributed by atoms with Gasteiger partial charge in [0.25, 0.3) is 0 Å². The Hall–Kier alpha value is -2.61. The number of methoxy groups -OCH3 is 1. The van der Waals surface area contributed by atoms with Crippen LogP contribution in [0.5, 0.6) is 0 Å². The van der Waals surface area contributed by atoms with Crippen LogP contribution in [0.15, 0.2) is 30.3 Å². The Bertz CT molecular complexity index is 549. The maximum atomic E-state index is 12.0. The minimum Gasteiger partial charge on any atom is -0.467 e. The molecule has 0 aliphatic rings. The van der Waals surface area contributed by atoms with Gasteiger partial charge in [-0.3, -0.25) is 4.79 Å². The van der Waals surface area contributed by atoms with Crippen molar-refractivity contribution in [1.82, 2.24) is 10.6 Å². The highest BCUT2D eigenvalue weighted by Gasteiger charge is 2.26. The van der Waals surface area contributed by atoms with Crippen molar-refractivity contribution in [2.45, 2.75) is 32.0 Å². The van der Waals surface area contributed by atoms with Crippen LogP contribution in [0, 0.1) is 0 Å². The Morgan fingerprint density at radius 2 is 1.79 bits per heavy atom. The number of carbonyl (C=O) groups is 3. The summed E-state index contributed by atoms with van der Waals surface area (Å²) in [7, 11) is 1.21. The molecule has 132 valence electrons. The highest BCUT2D eigenvalue weighted by atomic mass is 16.5. The van der Waals surface area contributed by atoms with E-state index in [1.54, 1.807) is 31.2 Å². The number of nitrogens with one attached hydrogen (secondary N) is 2. The number of aliphatic hydroxyl groups is 1. The van der Waals surface area contributed by atoms with Crippen LogP contribution in [0.1, 0.15) is 18.9 Å². The number of hydrogen-bond acceptors (Lipinski definition) is 6. The van der Waals surface area contributed by atoms with Crippen molar-refractivity contribution < 1.29 is 29.0 Å². The second-order valence-corrected chi connectivity index (χ2v) is 4.93. The van der Waals surface area contributed by atoms with Gasteiger partial charge in [0.15, 0.2) is 0 Å². The smallest absolute Gasteiger partial charge is 0.408 e. The number of hydrogen-bond donors (Lipinski definition) is 3. The first-order valence-corrected chi connectivity index (χ1v) is 7.48. The van der Waals surface area contributed by atoms with Gasteiger partial charge >= 0.3 is 12.1 Å². The third kappa shape index (κ3) is 6.25. The van der Waals surface area contributed by atoms with Gasteiger partial charge in [0.05, 0.1) is 13.7 Å². The Morgan fingerprint density at radius 1 is 1.12 bits per heavy atom. The maximum absolute atomic E-state index is 12.0. The van der Waals surface area contributed by atoms with E-state index in [0.29, 0.717) is 6.42 Å². The van der Waals surface area contributed by atoms with Crippen molar-refractivity contribution >= 4 is 18.0 Å². The normalized spacial score (nSPS) is 12.6. The molecular formula is C16H22N2O6. The Balaban J connectivity index is 2.51. The number of aliphatic hydroxyl groups excluding tert-OH is 1. The first-order valence-electron chi connectivity index (χ1n) is 7.48. The quantitative estimate of drug-likeness (QED) is 0.589. The van der Waals surface area contributed by atoms with Gasteiger partial charge < -0.3 is 25.2 Å². The van der Waals surface area contributed by atoms with Crippen molar-refractivity contribution in [3.8, 4) is 0 Å². The standard InChI is InChI=1S/C16H22N2O6/c1-3-12(15(21)23-2)17-14(20)13(9-19)18-16(22)24-10-11-7-5-4-6-8-11/h4-8,12-13,19H,3,9-10H2,1-2H3,(H,17,20)(H,18,22). The van der Waals surface area contributed by atoms with Gasteiger partial charge in [-0.15, -0.1) is 0 Å². The predicted molar refractivity (Wildman–Crippen MR) is 84.9 cm³/mol. The molecule has 24 heavy (non-hydrogen) atoms. The summed E-state index contributed by atoms with van der Waals surface area (Å²) < 4.78 is 9.54. The van der Waals surface area contributed by atoms with E-state index in [2.05, 4.69) is 15.4 Å². The molecule has 0 aliphatic carbocycles. The number of esters is 1. The molecule has 0 fully saturated rings. The Labute approximate surface area is 140 Å². The fourth-order valence-electron chi connectivity index (χ4n) is 1.84.